The molecule has 0 atom stereocenters. The third-order valence-corrected chi connectivity index (χ3v) is 5.12. The standard InChI is InChI=1S/C20H26N2O3S/c1-20(2,3)22-19(23)14-11-16-9-12-18(13-10-16)26(24,25)21-15-17-7-5-4-6-8-17/h4-10,12-13,21H,11,14-15H2,1-3H3,(H,22,23). The predicted molar refractivity (Wildman–Crippen MR) is 103 cm³/mol. The highest BCUT2D eigenvalue weighted by Gasteiger charge is 2.15. The Kier molecular flexibility index (Phi) is 6.56. The van der Waals surface area contributed by atoms with Crippen LogP contribution in [0, 0.1) is 0 Å². The van der Waals surface area contributed by atoms with E-state index in [-0.39, 0.29) is 22.9 Å². The van der Waals surface area contributed by atoms with Crippen LogP contribution in [0.3, 0.4) is 0 Å². The highest BCUT2D eigenvalue weighted by Crippen LogP contribution is 2.13. The first-order chi connectivity index (χ1) is 12.2. The second-order valence-electron chi connectivity index (χ2n) is 7.25. The van der Waals surface area contributed by atoms with Crippen molar-refractivity contribution < 1.29 is 13.2 Å². The molecule has 0 heterocycles. The van der Waals surface area contributed by atoms with Crippen LogP contribution in [-0.4, -0.2) is 19.9 Å². The van der Waals surface area contributed by atoms with Crippen LogP contribution in [0.4, 0.5) is 0 Å². The smallest absolute Gasteiger partial charge is 0.240 e. The normalized spacial score (nSPS) is 12.0. The van der Waals surface area contributed by atoms with Crippen LogP contribution in [0.25, 0.3) is 0 Å². The minimum Gasteiger partial charge on any atom is -0.351 e. The van der Waals surface area contributed by atoms with Gasteiger partial charge in [-0.3, -0.25) is 4.79 Å². The van der Waals surface area contributed by atoms with E-state index >= 15 is 0 Å². The lowest BCUT2D eigenvalue weighted by Gasteiger charge is -2.20. The summed E-state index contributed by atoms with van der Waals surface area (Å²) >= 11 is 0. The molecule has 0 aromatic heterocycles. The van der Waals surface area contributed by atoms with Crippen LogP contribution in [0.1, 0.15) is 38.3 Å². The third kappa shape index (κ3) is 6.61. The van der Waals surface area contributed by atoms with Crippen molar-refractivity contribution in [2.45, 2.75) is 50.6 Å². The van der Waals surface area contributed by atoms with E-state index in [1.54, 1.807) is 24.3 Å². The molecule has 2 N–H and O–H groups in total. The summed E-state index contributed by atoms with van der Waals surface area (Å²) in [6.07, 6.45) is 0.940. The molecular formula is C20H26N2O3S. The fraction of sp³-hybridized carbons (Fsp3) is 0.350. The summed E-state index contributed by atoms with van der Waals surface area (Å²) in [5.74, 6) is -0.0151. The number of hydrogen-bond donors (Lipinski definition) is 2. The number of amides is 1. The van der Waals surface area contributed by atoms with E-state index in [2.05, 4.69) is 10.0 Å². The Morgan fingerprint density at radius 3 is 2.12 bits per heavy atom. The van der Waals surface area contributed by atoms with Gasteiger partial charge in [0.05, 0.1) is 4.90 Å². The molecule has 5 nitrogen and oxygen atoms in total. The molecule has 2 aromatic rings. The molecule has 0 bridgehead atoms. The first-order valence-corrected chi connectivity index (χ1v) is 10.1. The Labute approximate surface area is 155 Å². The third-order valence-electron chi connectivity index (χ3n) is 3.70. The second kappa shape index (κ2) is 8.47. The molecule has 1 amide bonds. The van der Waals surface area contributed by atoms with Crippen LogP contribution < -0.4 is 10.0 Å². The Morgan fingerprint density at radius 1 is 0.923 bits per heavy atom. The molecule has 140 valence electrons. The maximum atomic E-state index is 12.4. The van der Waals surface area contributed by atoms with Crippen LogP contribution in [0.5, 0.6) is 0 Å². The van der Waals surface area contributed by atoms with Crippen LogP contribution in [0.2, 0.25) is 0 Å². The van der Waals surface area contributed by atoms with Crippen LogP contribution in [-0.2, 0) is 27.8 Å². The summed E-state index contributed by atoms with van der Waals surface area (Å²) in [6, 6.07) is 16.0. The summed E-state index contributed by atoms with van der Waals surface area (Å²) in [4.78, 5) is 12.1. The van der Waals surface area contributed by atoms with Gasteiger partial charge < -0.3 is 5.32 Å². The Bertz CT molecular complexity index is 824. The number of carbonyl (C=O) groups excluding carboxylic acids is 1. The van der Waals surface area contributed by atoms with E-state index in [1.165, 1.54) is 0 Å². The number of sulfonamides is 1. The summed E-state index contributed by atoms with van der Waals surface area (Å²) in [5.41, 5.74) is 1.58. The monoisotopic (exact) mass is 374 g/mol. The molecule has 2 aromatic carbocycles. The van der Waals surface area contributed by atoms with Crippen molar-refractivity contribution in [1.82, 2.24) is 10.0 Å². The maximum absolute atomic E-state index is 12.4. The lowest BCUT2D eigenvalue weighted by Crippen LogP contribution is -2.40. The molecular weight excluding hydrogens is 348 g/mol. The number of hydrogen-bond acceptors (Lipinski definition) is 3. The van der Waals surface area contributed by atoms with Gasteiger partial charge in [-0.15, -0.1) is 0 Å². The number of nitrogens with one attached hydrogen (secondary N) is 2. The van der Waals surface area contributed by atoms with Gasteiger partial charge >= 0.3 is 0 Å². The van der Waals surface area contributed by atoms with Gasteiger partial charge in [0.15, 0.2) is 0 Å². The first kappa shape index (κ1) is 20.1. The molecule has 0 aliphatic heterocycles. The van der Waals surface area contributed by atoms with Crippen LogP contribution >= 0.6 is 0 Å². The predicted octanol–water partition coefficient (Wildman–Crippen LogP) is 3.01. The average molecular weight is 375 g/mol. The Morgan fingerprint density at radius 2 is 1.54 bits per heavy atom. The summed E-state index contributed by atoms with van der Waals surface area (Å²) in [5, 5.41) is 2.91. The Hall–Kier alpha value is -2.18. The molecule has 6 heteroatoms. The van der Waals surface area contributed by atoms with Gasteiger partial charge in [-0.25, -0.2) is 13.1 Å². The van der Waals surface area contributed by atoms with Gasteiger partial charge in [-0.1, -0.05) is 42.5 Å². The van der Waals surface area contributed by atoms with Gasteiger partial charge in [0.25, 0.3) is 0 Å². The minimum absolute atomic E-state index is 0.0151. The van der Waals surface area contributed by atoms with Crippen molar-refractivity contribution in [2.24, 2.45) is 0 Å². The highest BCUT2D eigenvalue weighted by atomic mass is 32.2. The zero-order valence-corrected chi connectivity index (χ0v) is 16.3. The van der Waals surface area contributed by atoms with E-state index in [0.29, 0.717) is 12.8 Å². The van der Waals surface area contributed by atoms with Gasteiger partial charge in [0.2, 0.25) is 15.9 Å². The highest BCUT2D eigenvalue weighted by molar-refractivity contribution is 7.89. The van der Waals surface area contributed by atoms with Crippen molar-refractivity contribution in [3.63, 3.8) is 0 Å². The zero-order valence-electron chi connectivity index (χ0n) is 15.5. The molecule has 0 aliphatic carbocycles. The van der Waals surface area contributed by atoms with E-state index in [4.69, 9.17) is 0 Å². The molecule has 0 saturated carbocycles. The van der Waals surface area contributed by atoms with Gasteiger partial charge in [-0.2, -0.15) is 0 Å². The van der Waals surface area contributed by atoms with Gasteiger partial charge in [0, 0.05) is 18.5 Å². The lowest BCUT2D eigenvalue weighted by atomic mass is 10.1. The molecule has 0 fully saturated rings. The lowest BCUT2D eigenvalue weighted by molar-refractivity contribution is -0.122. The molecule has 0 unspecified atom stereocenters. The van der Waals surface area contributed by atoms with Crippen molar-refractivity contribution in [1.29, 1.82) is 0 Å². The molecule has 0 aliphatic rings. The SMILES string of the molecule is CC(C)(C)NC(=O)CCc1ccc(S(=O)(=O)NCc2ccccc2)cc1. The number of aryl methyl sites for hydroxylation is 1. The zero-order chi connectivity index (χ0) is 19.2. The maximum Gasteiger partial charge on any atom is 0.240 e. The summed E-state index contributed by atoms with van der Waals surface area (Å²) < 4.78 is 27.3. The van der Waals surface area contributed by atoms with E-state index in [0.717, 1.165) is 11.1 Å². The van der Waals surface area contributed by atoms with E-state index < -0.39 is 10.0 Å². The molecule has 2 rings (SSSR count). The number of rotatable bonds is 7. The largest absolute Gasteiger partial charge is 0.351 e. The summed E-state index contributed by atoms with van der Waals surface area (Å²) in [7, 11) is -3.56. The fourth-order valence-corrected chi connectivity index (χ4v) is 3.45. The minimum atomic E-state index is -3.56. The van der Waals surface area contributed by atoms with Gasteiger partial charge in [0.1, 0.15) is 0 Å². The molecule has 0 radical (unpaired) electrons. The van der Waals surface area contributed by atoms with Gasteiger partial charge in [-0.05, 0) is 50.5 Å². The quantitative estimate of drug-likeness (QED) is 0.782. The second-order valence-corrected chi connectivity index (χ2v) is 9.02. The van der Waals surface area contributed by atoms with E-state index in [9.17, 15) is 13.2 Å². The average Bonchev–Trinajstić information content (AvgIpc) is 2.58. The molecule has 0 saturated heterocycles. The first-order valence-electron chi connectivity index (χ1n) is 8.59. The topological polar surface area (TPSA) is 75.3 Å². The molecule has 0 spiro atoms. The number of benzene rings is 2. The van der Waals surface area contributed by atoms with Crippen molar-refractivity contribution in [3.05, 3.63) is 65.7 Å². The van der Waals surface area contributed by atoms with Crippen molar-refractivity contribution >= 4 is 15.9 Å². The molecule has 26 heavy (non-hydrogen) atoms. The Balaban J connectivity index is 1.92. The van der Waals surface area contributed by atoms with E-state index in [1.807, 2.05) is 51.1 Å². The summed E-state index contributed by atoms with van der Waals surface area (Å²) in [6.45, 7) is 6.06. The number of carbonyl (C=O) groups is 1. The van der Waals surface area contributed by atoms with Crippen molar-refractivity contribution in [2.75, 3.05) is 0 Å². The van der Waals surface area contributed by atoms with Crippen molar-refractivity contribution in [3.8, 4) is 0 Å². The fourth-order valence-electron chi connectivity index (χ4n) is 2.43. The van der Waals surface area contributed by atoms with Crippen LogP contribution in [0.15, 0.2) is 59.5 Å².